The Bertz CT molecular complexity index is 1050. The third kappa shape index (κ3) is 5.56. The minimum Gasteiger partial charge on any atom is -0.480 e. The van der Waals surface area contributed by atoms with E-state index in [0.717, 1.165) is 30.4 Å². The van der Waals surface area contributed by atoms with E-state index in [1.165, 1.54) is 22.1 Å². The van der Waals surface area contributed by atoms with Gasteiger partial charge in [-0.1, -0.05) is 67.4 Å². The average molecular weight is 477 g/mol. The van der Waals surface area contributed by atoms with Crippen molar-refractivity contribution in [1.82, 2.24) is 10.2 Å². The van der Waals surface area contributed by atoms with Crippen molar-refractivity contribution < 1.29 is 24.2 Å². The number of nitrogens with one attached hydrogen (secondary N) is 1. The van der Waals surface area contributed by atoms with Crippen molar-refractivity contribution in [2.45, 2.75) is 31.6 Å². The molecule has 35 heavy (non-hydrogen) atoms. The normalized spacial score (nSPS) is 18.7. The molecule has 2 aliphatic carbocycles. The molecule has 184 valence electrons. The molecule has 0 radical (unpaired) electrons. The van der Waals surface area contributed by atoms with Crippen LogP contribution >= 0.6 is 0 Å². The lowest BCUT2D eigenvalue weighted by Crippen LogP contribution is -2.45. The summed E-state index contributed by atoms with van der Waals surface area (Å²) in [7, 11) is 0. The van der Waals surface area contributed by atoms with E-state index >= 15 is 0 Å². The lowest BCUT2D eigenvalue weighted by Gasteiger charge is -2.34. The van der Waals surface area contributed by atoms with Crippen LogP contribution in [0.5, 0.6) is 0 Å². The molecule has 4 rings (SSSR count). The highest BCUT2D eigenvalue weighted by molar-refractivity contribution is 5.83. The number of fused-ring (bicyclic) bond motifs is 3. The first-order chi connectivity index (χ1) is 17.0. The van der Waals surface area contributed by atoms with Crippen molar-refractivity contribution in [3.8, 4) is 11.1 Å². The van der Waals surface area contributed by atoms with Crippen molar-refractivity contribution in [3.63, 3.8) is 0 Å². The second-order valence-electron chi connectivity index (χ2n) is 9.26. The van der Waals surface area contributed by atoms with E-state index in [-0.39, 0.29) is 43.4 Å². The topological polar surface area (TPSA) is 95.9 Å². The van der Waals surface area contributed by atoms with Gasteiger partial charge >= 0.3 is 12.1 Å². The SMILES string of the molecule is C=CCN(CC(=O)O)C(=O)[C@@H]1CCCC[C@@H]1CNC(=O)OCC1c2ccccc2-c2ccccc21. The van der Waals surface area contributed by atoms with E-state index in [4.69, 9.17) is 9.84 Å². The Morgan fingerprint density at radius 3 is 2.29 bits per heavy atom. The summed E-state index contributed by atoms with van der Waals surface area (Å²) in [5.74, 6) is -1.63. The summed E-state index contributed by atoms with van der Waals surface area (Å²) in [6.45, 7) is 4.03. The van der Waals surface area contributed by atoms with Crippen LogP contribution in [0.1, 0.15) is 42.7 Å². The standard InChI is InChI=1S/C28H32N2O5/c1-2-15-30(17-26(31)32)27(33)20-10-4-3-9-19(20)16-29-28(34)35-18-25-23-13-7-5-11-21(23)22-12-6-8-14-24(22)25/h2,5-8,11-14,19-20,25H,1,3-4,9-10,15-18H2,(H,29,34)(H,31,32)/t19-,20-/m1/s1. The first kappa shape index (κ1) is 24.5. The number of aliphatic carboxylic acids is 1. The number of ether oxygens (including phenoxy) is 1. The molecule has 1 saturated carbocycles. The summed E-state index contributed by atoms with van der Waals surface area (Å²) in [6.07, 6.45) is 4.40. The summed E-state index contributed by atoms with van der Waals surface area (Å²) in [5.41, 5.74) is 4.65. The lowest BCUT2D eigenvalue weighted by molar-refractivity contribution is -0.147. The average Bonchev–Trinajstić information content (AvgIpc) is 3.19. The van der Waals surface area contributed by atoms with Crippen LogP contribution in [0.2, 0.25) is 0 Å². The maximum absolute atomic E-state index is 13.1. The molecule has 2 aromatic rings. The van der Waals surface area contributed by atoms with Gasteiger partial charge < -0.3 is 20.1 Å². The molecule has 2 aromatic carbocycles. The van der Waals surface area contributed by atoms with Crippen molar-refractivity contribution in [2.75, 3.05) is 26.2 Å². The molecule has 0 aromatic heterocycles. The number of amides is 2. The molecular formula is C28H32N2O5. The quantitative estimate of drug-likeness (QED) is 0.522. The second-order valence-corrected chi connectivity index (χ2v) is 9.26. The fourth-order valence-corrected chi connectivity index (χ4v) is 5.43. The van der Waals surface area contributed by atoms with Crippen LogP contribution in [0, 0.1) is 11.8 Å². The van der Waals surface area contributed by atoms with Crippen LogP contribution in [-0.2, 0) is 14.3 Å². The van der Waals surface area contributed by atoms with Gasteiger partial charge in [-0.2, -0.15) is 0 Å². The summed E-state index contributed by atoms with van der Waals surface area (Å²) >= 11 is 0. The van der Waals surface area contributed by atoms with Crippen LogP contribution in [0.4, 0.5) is 4.79 Å². The molecule has 0 unspecified atom stereocenters. The molecule has 0 heterocycles. The van der Waals surface area contributed by atoms with Gasteiger partial charge in [-0.15, -0.1) is 6.58 Å². The first-order valence-corrected chi connectivity index (χ1v) is 12.2. The van der Waals surface area contributed by atoms with E-state index in [1.54, 1.807) is 0 Å². The molecule has 2 atom stereocenters. The van der Waals surface area contributed by atoms with Crippen LogP contribution < -0.4 is 5.32 Å². The van der Waals surface area contributed by atoms with Gasteiger partial charge in [0.1, 0.15) is 13.2 Å². The summed E-state index contributed by atoms with van der Waals surface area (Å²) < 4.78 is 5.63. The smallest absolute Gasteiger partial charge is 0.407 e. The first-order valence-electron chi connectivity index (χ1n) is 12.2. The van der Waals surface area contributed by atoms with Crippen LogP contribution in [0.15, 0.2) is 61.2 Å². The zero-order valence-corrected chi connectivity index (χ0v) is 19.8. The van der Waals surface area contributed by atoms with Crippen LogP contribution in [0.3, 0.4) is 0 Å². The van der Waals surface area contributed by atoms with Gasteiger partial charge in [-0.25, -0.2) is 4.79 Å². The maximum atomic E-state index is 13.1. The highest BCUT2D eigenvalue weighted by Gasteiger charge is 2.34. The molecule has 0 spiro atoms. The van der Waals surface area contributed by atoms with Gasteiger partial charge in [-0.3, -0.25) is 9.59 Å². The number of benzene rings is 2. The zero-order chi connectivity index (χ0) is 24.8. The Balaban J connectivity index is 1.35. The zero-order valence-electron chi connectivity index (χ0n) is 19.8. The van der Waals surface area contributed by atoms with E-state index < -0.39 is 12.1 Å². The van der Waals surface area contributed by atoms with Gasteiger partial charge in [0.25, 0.3) is 0 Å². The van der Waals surface area contributed by atoms with Crippen LogP contribution in [0.25, 0.3) is 11.1 Å². The fraction of sp³-hybridized carbons (Fsp3) is 0.393. The van der Waals surface area contributed by atoms with Crippen molar-refractivity contribution in [2.24, 2.45) is 11.8 Å². The summed E-state index contributed by atoms with van der Waals surface area (Å²) in [6, 6.07) is 16.4. The van der Waals surface area contributed by atoms with E-state index in [2.05, 4.69) is 36.2 Å². The minimum atomic E-state index is -1.05. The highest BCUT2D eigenvalue weighted by atomic mass is 16.5. The molecule has 2 aliphatic rings. The van der Waals surface area contributed by atoms with E-state index in [1.807, 2.05) is 24.3 Å². The van der Waals surface area contributed by atoms with Crippen LogP contribution in [-0.4, -0.2) is 54.2 Å². The number of carbonyl (C=O) groups is 3. The summed E-state index contributed by atoms with van der Waals surface area (Å²) in [5, 5.41) is 12.0. The highest BCUT2D eigenvalue weighted by Crippen LogP contribution is 2.44. The Morgan fingerprint density at radius 1 is 1.03 bits per heavy atom. The summed E-state index contributed by atoms with van der Waals surface area (Å²) in [4.78, 5) is 38.2. The predicted molar refractivity (Wildman–Crippen MR) is 133 cm³/mol. The van der Waals surface area contributed by atoms with E-state index in [0.29, 0.717) is 13.0 Å². The molecule has 0 aliphatic heterocycles. The molecule has 2 N–H and O–H groups in total. The van der Waals surface area contributed by atoms with Gasteiger partial charge in [0.15, 0.2) is 0 Å². The van der Waals surface area contributed by atoms with Crippen molar-refractivity contribution in [1.29, 1.82) is 0 Å². The number of carboxylic acids is 1. The minimum absolute atomic E-state index is 0.0133. The van der Waals surface area contributed by atoms with Gasteiger partial charge in [0, 0.05) is 24.9 Å². The predicted octanol–water partition coefficient (Wildman–Crippen LogP) is 4.43. The van der Waals surface area contributed by atoms with Crippen molar-refractivity contribution >= 4 is 18.0 Å². The monoisotopic (exact) mass is 476 g/mol. The molecule has 0 saturated heterocycles. The van der Waals surface area contributed by atoms with Gasteiger partial charge in [-0.05, 0) is 41.0 Å². The number of carboxylic acid groups (broad SMARTS) is 1. The third-order valence-electron chi connectivity index (χ3n) is 7.07. The molecule has 7 heteroatoms. The Kier molecular flexibility index (Phi) is 7.85. The number of nitrogens with zero attached hydrogens (tertiary/aromatic N) is 1. The maximum Gasteiger partial charge on any atom is 0.407 e. The number of alkyl carbamates (subject to hydrolysis) is 1. The Labute approximate surface area is 205 Å². The third-order valence-corrected chi connectivity index (χ3v) is 7.07. The molecule has 2 amide bonds. The molecular weight excluding hydrogens is 444 g/mol. The number of hydrogen-bond acceptors (Lipinski definition) is 4. The van der Waals surface area contributed by atoms with E-state index in [9.17, 15) is 14.4 Å². The second kappa shape index (κ2) is 11.2. The molecule has 1 fully saturated rings. The molecule has 0 bridgehead atoms. The number of rotatable bonds is 9. The Hall–Kier alpha value is -3.61. The fourth-order valence-electron chi connectivity index (χ4n) is 5.43. The largest absolute Gasteiger partial charge is 0.480 e. The molecule has 7 nitrogen and oxygen atoms in total. The Morgan fingerprint density at radius 2 is 1.66 bits per heavy atom. The van der Waals surface area contributed by atoms with Gasteiger partial charge in [0.05, 0.1) is 0 Å². The number of hydrogen-bond donors (Lipinski definition) is 2. The van der Waals surface area contributed by atoms with Crippen molar-refractivity contribution in [3.05, 3.63) is 72.3 Å². The van der Waals surface area contributed by atoms with Gasteiger partial charge in [0.2, 0.25) is 5.91 Å². The number of carbonyl (C=O) groups excluding carboxylic acids is 2. The lowest BCUT2D eigenvalue weighted by atomic mass is 9.78.